The number of alkyl halides is 1. The van der Waals surface area contributed by atoms with E-state index in [1.165, 1.54) is 0 Å². The van der Waals surface area contributed by atoms with Crippen molar-refractivity contribution in [1.82, 2.24) is 4.90 Å². The summed E-state index contributed by atoms with van der Waals surface area (Å²) in [6.07, 6.45) is 2.16. The fraction of sp³-hybridized carbons (Fsp3) is 0.909. The highest BCUT2D eigenvalue weighted by Crippen LogP contribution is 2.17. The first-order valence-electron chi connectivity index (χ1n) is 5.28. The molecular weight excluding hydrogens is 198 g/mol. The summed E-state index contributed by atoms with van der Waals surface area (Å²) in [5.41, 5.74) is -0.292. The molecule has 3 heteroatoms. The van der Waals surface area contributed by atoms with Gasteiger partial charge in [-0.3, -0.25) is 4.79 Å². The third-order valence-corrected chi connectivity index (χ3v) is 2.23. The van der Waals surface area contributed by atoms with Crippen LogP contribution in [0.15, 0.2) is 0 Å². The van der Waals surface area contributed by atoms with Crippen molar-refractivity contribution in [2.24, 2.45) is 5.41 Å². The Morgan fingerprint density at radius 1 is 1.29 bits per heavy atom. The molecule has 0 aromatic rings. The molecule has 0 rings (SSSR count). The molecule has 0 aromatic heterocycles. The smallest absolute Gasteiger partial charge is 0.227 e. The van der Waals surface area contributed by atoms with Crippen molar-refractivity contribution in [3.05, 3.63) is 0 Å². The minimum atomic E-state index is -0.292. The topological polar surface area (TPSA) is 20.3 Å². The van der Waals surface area contributed by atoms with E-state index in [1.807, 2.05) is 25.7 Å². The van der Waals surface area contributed by atoms with Crippen molar-refractivity contribution in [3.8, 4) is 0 Å². The first-order chi connectivity index (χ1) is 6.43. The van der Waals surface area contributed by atoms with Gasteiger partial charge < -0.3 is 4.90 Å². The predicted molar refractivity (Wildman–Crippen MR) is 61.7 cm³/mol. The van der Waals surface area contributed by atoms with Crippen LogP contribution >= 0.6 is 11.6 Å². The summed E-state index contributed by atoms with van der Waals surface area (Å²) in [5, 5.41) is 0. The zero-order valence-corrected chi connectivity index (χ0v) is 10.5. The molecule has 0 saturated heterocycles. The Balaban J connectivity index is 4.25. The lowest BCUT2D eigenvalue weighted by Crippen LogP contribution is -2.41. The van der Waals surface area contributed by atoms with Gasteiger partial charge in [0.2, 0.25) is 5.91 Å². The molecule has 0 N–H and O–H groups in total. The fourth-order valence-corrected chi connectivity index (χ4v) is 1.44. The monoisotopic (exact) mass is 219 g/mol. The quantitative estimate of drug-likeness (QED) is 0.652. The Bertz CT molecular complexity index is 175. The number of carbonyl (C=O) groups is 1. The van der Waals surface area contributed by atoms with Gasteiger partial charge in [-0.05, 0) is 6.42 Å². The van der Waals surface area contributed by atoms with Crippen LogP contribution in [-0.2, 0) is 4.79 Å². The number of nitrogens with zero attached hydrogens (tertiary/aromatic N) is 1. The third-order valence-electron chi connectivity index (χ3n) is 2.06. The van der Waals surface area contributed by atoms with E-state index in [1.54, 1.807) is 0 Å². The summed E-state index contributed by atoms with van der Waals surface area (Å²) < 4.78 is 0. The zero-order chi connectivity index (χ0) is 11.2. The Morgan fingerprint density at radius 2 is 1.86 bits per heavy atom. The molecular formula is C11H22ClNO. The maximum absolute atomic E-state index is 11.9. The summed E-state index contributed by atoms with van der Waals surface area (Å²) in [6, 6.07) is 0. The molecule has 0 aromatic carbocycles. The molecule has 14 heavy (non-hydrogen) atoms. The van der Waals surface area contributed by atoms with Crippen LogP contribution in [0.4, 0.5) is 0 Å². The number of hydrogen-bond donors (Lipinski definition) is 0. The lowest BCUT2D eigenvalue weighted by Gasteiger charge is -2.28. The van der Waals surface area contributed by atoms with Gasteiger partial charge in [-0.1, -0.05) is 34.1 Å². The predicted octanol–water partition coefficient (Wildman–Crippen LogP) is 2.90. The van der Waals surface area contributed by atoms with Crippen LogP contribution in [0.3, 0.4) is 0 Å². The maximum atomic E-state index is 11.9. The summed E-state index contributed by atoms with van der Waals surface area (Å²) in [5.74, 6) is 0.720. The van der Waals surface area contributed by atoms with E-state index in [9.17, 15) is 4.79 Å². The number of amides is 1. The van der Waals surface area contributed by atoms with Crippen molar-refractivity contribution in [1.29, 1.82) is 0 Å². The average Bonchev–Trinajstić information content (AvgIpc) is 2.09. The van der Waals surface area contributed by atoms with Crippen LogP contribution in [0.2, 0.25) is 0 Å². The van der Waals surface area contributed by atoms with Gasteiger partial charge in [0, 0.05) is 24.4 Å². The van der Waals surface area contributed by atoms with E-state index in [2.05, 4.69) is 6.92 Å². The van der Waals surface area contributed by atoms with Gasteiger partial charge in [0.25, 0.3) is 0 Å². The van der Waals surface area contributed by atoms with E-state index in [0.717, 1.165) is 19.4 Å². The SMILES string of the molecule is CCCCN(CCCl)C(=O)C(C)(C)C. The molecule has 0 aliphatic rings. The summed E-state index contributed by atoms with van der Waals surface area (Å²) in [6.45, 7) is 9.46. The lowest BCUT2D eigenvalue weighted by molar-refractivity contribution is -0.139. The second-order valence-corrected chi connectivity index (χ2v) is 4.96. The molecule has 0 fully saturated rings. The Hall–Kier alpha value is -0.240. The highest BCUT2D eigenvalue weighted by Gasteiger charge is 2.26. The van der Waals surface area contributed by atoms with Crippen molar-refractivity contribution < 1.29 is 4.79 Å². The van der Waals surface area contributed by atoms with E-state index in [0.29, 0.717) is 12.4 Å². The lowest BCUT2D eigenvalue weighted by atomic mass is 9.94. The van der Waals surface area contributed by atoms with Crippen LogP contribution in [0.5, 0.6) is 0 Å². The van der Waals surface area contributed by atoms with Gasteiger partial charge in [-0.2, -0.15) is 0 Å². The highest BCUT2D eigenvalue weighted by molar-refractivity contribution is 6.18. The molecule has 2 nitrogen and oxygen atoms in total. The van der Waals surface area contributed by atoms with Crippen molar-refractivity contribution in [3.63, 3.8) is 0 Å². The first-order valence-corrected chi connectivity index (χ1v) is 5.82. The van der Waals surface area contributed by atoms with Crippen LogP contribution in [-0.4, -0.2) is 29.8 Å². The number of rotatable bonds is 5. The van der Waals surface area contributed by atoms with Crippen LogP contribution in [0.25, 0.3) is 0 Å². The molecule has 0 aliphatic heterocycles. The number of unbranched alkanes of at least 4 members (excludes halogenated alkanes) is 1. The molecule has 1 amide bonds. The van der Waals surface area contributed by atoms with Gasteiger partial charge >= 0.3 is 0 Å². The minimum Gasteiger partial charge on any atom is -0.341 e. The minimum absolute atomic E-state index is 0.201. The van der Waals surface area contributed by atoms with Crippen molar-refractivity contribution in [2.45, 2.75) is 40.5 Å². The van der Waals surface area contributed by atoms with Crippen molar-refractivity contribution >= 4 is 17.5 Å². The Labute approximate surface area is 92.6 Å². The van der Waals surface area contributed by atoms with Crippen LogP contribution in [0, 0.1) is 5.41 Å². The largest absolute Gasteiger partial charge is 0.341 e. The molecule has 0 saturated carbocycles. The zero-order valence-electron chi connectivity index (χ0n) is 9.77. The summed E-state index contributed by atoms with van der Waals surface area (Å²) in [4.78, 5) is 13.8. The Kier molecular flexibility index (Phi) is 6.17. The Morgan fingerprint density at radius 3 is 2.21 bits per heavy atom. The van der Waals surface area contributed by atoms with Gasteiger partial charge in [-0.15, -0.1) is 11.6 Å². The van der Waals surface area contributed by atoms with E-state index in [4.69, 9.17) is 11.6 Å². The molecule has 0 heterocycles. The standard InChI is InChI=1S/C11H22ClNO/c1-5-6-8-13(9-7-12)10(14)11(2,3)4/h5-9H2,1-4H3. The summed E-state index contributed by atoms with van der Waals surface area (Å²) in [7, 11) is 0. The van der Waals surface area contributed by atoms with Gasteiger partial charge in [0.05, 0.1) is 0 Å². The molecule has 0 unspecified atom stereocenters. The molecule has 0 radical (unpaired) electrons. The highest BCUT2D eigenvalue weighted by atomic mass is 35.5. The molecule has 0 bridgehead atoms. The van der Waals surface area contributed by atoms with Gasteiger partial charge in [-0.25, -0.2) is 0 Å². The maximum Gasteiger partial charge on any atom is 0.227 e. The second kappa shape index (κ2) is 6.28. The first kappa shape index (κ1) is 13.8. The average molecular weight is 220 g/mol. The van der Waals surface area contributed by atoms with Crippen LogP contribution < -0.4 is 0 Å². The third kappa shape index (κ3) is 4.85. The molecule has 84 valence electrons. The number of hydrogen-bond acceptors (Lipinski definition) is 1. The van der Waals surface area contributed by atoms with E-state index < -0.39 is 0 Å². The number of halogens is 1. The van der Waals surface area contributed by atoms with E-state index >= 15 is 0 Å². The summed E-state index contributed by atoms with van der Waals surface area (Å²) >= 11 is 5.68. The van der Waals surface area contributed by atoms with E-state index in [-0.39, 0.29) is 11.3 Å². The van der Waals surface area contributed by atoms with Crippen LogP contribution in [0.1, 0.15) is 40.5 Å². The fourth-order valence-electron chi connectivity index (χ4n) is 1.24. The van der Waals surface area contributed by atoms with Gasteiger partial charge in [0.1, 0.15) is 0 Å². The molecule has 0 atom stereocenters. The molecule has 0 aliphatic carbocycles. The molecule has 0 spiro atoms. The van der Waals surface area contributed by atoms with Gasteiger partial charge in [0.15, 0.2) is 0 Å². The second-order valence-electron chi connectivity index (χ2n) is 4.58. The van der Waals surface area contributed by atoms with Crippen molar-refractivity contribution in [2.75, 3.05) is 19.0 Å². The number of carbonyl (C=O) groups excluding carboxylic acids is 1. The normalized spacial score (nSPS) is 11.5.